The molecule has 0 atom stereocenters. The molecule has 0 saturated heterocycles. The fraction of sp³-hybridized carbons (Fsp3) is 0.273. The van der Waals surface area contributed by atoms with Crippen LogP contribution in [0, 0.1) is 6.92 Å². The summed E-state index contributed by atoms with van der Waals surface area (Å²) in [4.78, 5) is 0.357. The van der Waals surface area contributed by atoms with Crippen LogP contribution in [0.1, 0.15) is 12.5 Å². The van der Waals surface area contributed by atoms with Crippen LogP contribution in [-0.2, 0) is 9.84 Å². The van der Waals surface area contributed by atoms with Crippen molar-refractivity contribution in [3.63, 3.8) is 0 Å². The highest BCUT2D eigenvalue weighted by molar-refractivity contribution is 8.18. The first-order chi connectivity index (χ1) is 7.02. The molecule has 0 unspecified atom stereocenters. The molecule has 2 nitrogen and oxygen atoms in total. The molecule has 0 aromatic heterocycles. The van der Waals surface area contributed by atoms with Gasteiger partial charge in [0.15, 0.2) is 0 Å². The van der Waals surface area contributed by atoms with Crippen molar-refractivity contribution in [1.29, 1.82) is 0 Å². The van der Waals surface area contributed by atoms with Gasteiger partial charge in [-0.15, -0.1) is 11.8 Å². The van der Waals surface area contributed by atoms with Gasteiger partial charge in [-0.3, -0.25) is 0 Å². The molecule has 0 aliphatic carbocycles. The van der Waals surface area contributed by atoms with Crippen LogP contribution >= 0.6 is 11.8 Å². The van der Waals surface area contributed by atoms with Gasteiger partial charge in [0.1, 0.15) is 0 Å². The Morgan fingerprint density at radius 2 is 1.80 bits per heavy atom. The molecule has 0 radical (unpaired) electrons. The Morgan fingerprint density at radius 3 is 2.20 bits per heavy atom. The number of sulfone groups is 1. The summed E-state index contributed by atoms with van der Waals surface area (Å²) in [5.74, 6) is 0. The van der Waals surface area contributed by atoms with Crippen molar-refractivity contribution >= 4 is 21.6 Å². The van der Waals surface area contributed by atoms with Gasteiger partial charge < -0.3 is 0 Å². The van der Waals surface area contributed by atoms with E-state index in [4.69, 9.17) is 0 Å². The number of aryl methyl sites for hydroxylation is 1. The van der Waals surface area contributed by atoms with Crippen molar-refractivity contribution in [2.24, 2.45) is 0 Å². The van der Waals surface area contributed by atoms with E-state index in [0.717, 1.165) is 5.56 Å². The van der Waals surface area contributed by atoms with Crippen molar-refractivity contribution in [3.05, 3.63) is 40.1 Å². The normalized spacial score (nSPS) is 12.9. The summed E-state index contributed by atoms with van der Waals surface area (Å²) in [5.41, 5.74) is 1.06. The summed E-state index contributed by atoms with van der Waals surface area (Å²) in [7, 11) is -3.29. The van der Waals surface area contributed by atoms with Crippen LogP contribution in [0.15, 0.2) is 39.5 Å². The van der Waals surface area contributed by atoms with Crippen LogP contribution in [-0.4, -0.2) is 14.7 Å². The van der Waals surface area contributed by atoms with Crippen molar-refractivity contribution in [2.75, 3.05) is 6.26 Å². The van der Waals surface area contributed by atoms with E-state index in [1.807, 2.05) is 6.92 Å². The van der Waals surface area contributed by atoms with E-state index in [2.05, 4.69) is 0 Å². The van der Waals surface area contributed by atoms with Gasteiger partial charge in [-0.2, -0.15) is 0 Å². The van der Waals surface area contributed by atoms with Gasteiger partial charge in [0.25, 0.3) is 0 Å². The lowest BCUT2D eigenvalue weighted by Crippen LogP contribution is -2.01. The van der Waals surface area contributed by atoms with Gasteiger partial charge in [0, 0.05) is 0 Å². The van der Waals surface area contributed by atoms with Crippen LogP contribution < -0.4 is 0 Å². The van der Waals surface area contributed by atoms with Crippen LogP contribution in [0.2, 0.25) is 0 Å². The molecule has 0 N–H and O–H groups in total. The Balaban J connectivity index is 3.23. The number of hydrogen-bond acceptors (Lipinski definition) is 3. The van der Waals surface area contributed by atoms with Crippen molar-refractivity contribution in [3.8, 4) is 0 Å². The minimum atomic E-state index is -3.29. The molecule has 0 aliphatic heterocycles. The third-order valence-corrected chi connectivity index (χ3v) is 5.49. The van der Waals surface area contributed by atoms with Crippen LogP contribution in [0.25, 0.3) is 0 Å². The Kier molecular flexibility index (Phi) is 3.99. The van der Waals surface area contributed by atoms with Crippen molar-refractivity contribution < 1.29 is 8.42 Å². The van der Waals surface area contributed by atoms with Gasteiger partial charge in [-0.1, -0.05) is 23.8 Å². The highest BCUT2D eigenvalue weighted by atomic mass is 32.3. The SMILES string of the molecule is C/C=C(/SC)S(=O)(=O)c1ccc(C)cc1. The zero-order chi connectivity index (χ0) is 11.5. The second-order valence-electron chi connectivity index (χ2n) is 3.13. The van der Waals surface area contributed by atoms with Crippen molar-refractivity contribution in [1.82, 2.24) is 0 Å². The molecule has 82 valence electrons. The van der Waals surface area contributed by atoms with E-state index in [-0.39, 0.29) is 0 Å². The quantitative estimate of drug-likeness (QED) is 0.817. The van der Waals surface area contributed by atoms with E-state index in [1.165, 1.54) is 11.8 Å². The number of allylic oxidation sites excluding steroid dienone is 1. The van der Waals surface area contributed by atoms with Gasteiger partial charge in [0.2, 0.25) is 9.84 Å². The monoisotopic (exact) mass is 242 g/mol. The van der Waals surface area contributed by atoms with Crippen LogP contribution in [0.4, 0.5) is 0 Å². The van der Waals surface area contributed by atoms with E-state index in [9.17, 15) is 8.42 Å². The van der Waals surface area contributed by atoms with Gasteiger partial charge in [-0.25, -0.2) is 8.42 Å². The number of thioether (sulfide) groups is 1. The van der Waals surface area contributed by atoms with E-state index in [0.29, 0.717) is 9.13 Å². The van der Waals surface area contributed by atoms with Gasteiger partial charge >= 0.3 is 0 Å². The molecule has 0 saturated carbocycles. The van der Waals surface area contributed by atoms with E-state index >= 15 is 0 Å². The standard InChI is InChI=1S/C11H14O2S2/c1-4-11(14-3)15(12,13)10-7-5-9(2)6-8-10/h4-8H,1-3H3/b11-4-. The predicted molar refractivity (Wildman–Crippen MR) is 65.6 cm³/mol. The zero-order valence-electron chi connectivity index (χ0n) is 9.02. The largest absolute Gasteiger partial charge is 0.218 e. The molecular formula is C11H14O2S2. The molecule has 0 heterocycles. The topological polar surface area (TPSA) is 34.1 Å². The summed E-state index contributed by atoms with van der Waals surface area (Å²) < 4.78 is 24.4. The molecule has 0 aliphatic rings. The molecule has 0 spiro atoms. The van der Waals surface area contributed by atoms with E-state index < -0.39 is 9.84 Å². The maximum absolute atomic E-state index is 12.0. The molecule has 0 amide bonds. The molecular weight excluding hydrogens is 228 g/mol. The smallest absolute Gasteiger partial charge is 0.212 e. The minimum absolute atomic E-state index is 0.357. The van der Waals surface area contributed by atoms with E-state index in [1.54, 1.807) is 43.5 Å². The first-order valence-corrected chi connectivity index (χ1v) is 7.25. The van der Waals surface area contributed by atoms with Crippen LogP contribution in [0.3, 0.4) is 0 Å². The first-order valence-electron chi connectivity index (χ1n) is 4.54. The predicted octanol–water partition coefficient (Wildman–Crippen LogP) is 2.99. The highest BCUT2D eigenvalue weighted by Crippen LogP contribution is 2.26. The Bertz CT molecular complexity index is 456. The average Bonchev–Trinajstić information content (AvgIpc) is 2.19. The average molecular weight is 242 g/mol. The van der Waals surface area contributed by atoms with Crippen LogP contribution in [0.5, 0.6) is 0 Å². The second kappa shape index (κ2) is 4.86. The van der Waals surface area contributed by atoms with Gasteiger partial charge in [0.05, 0.1) is 9.13 Å². The zero-order valence-corrected chi connectivity index (χ0v) is 10.7. The molecule has 1 aromatic carbocycles. The minimum Gasteiger partial charge on any atom is -0.218 e. The number of hydrogen-bond donors (Lipinski definition) is 0. The highest BCUT2D eigenvalue weighted by Gasteiger charge is 2.18. The maximum Gasteiger partial charge on any atom is 0.212 e. The first kappa shape index (κ1) is 12.3. The summed E-state index contributed by atoms with van der Waals surface area (Å²) in [5, 5.41) is 0. The third kappa shape index (κ3) is 2.63. The number of rotatable bonds is 3. The Hall–Kier alpha value is -0.740. The summed E-state index contributed by atoms with van der Waals surface area (Å²) in [6.45, 7) is 3.67. The summed E-state index contributed by atoms with van der Waals surface area (Å²) in [6, 6.07) is 6.90. The van der Waals surface area contributed by atoms with Crippen molar-refractivity contribution in [2.45, 2.75) is 18.7 Å². The fourth-order valence-electron chi connectivity index (χ4n) is 1.22. The Morgan fingerprint density at radius 1 is 1.27 bits per heavy atom. The fourth-order valence-corrected chi connectivity index (χ4v) is 3.66. The Labute approximate surface area is 95.3 Å². The lowest BCUT2D eigenvalue weighted by molar-refractivity contribution is 0.604. The lowest BCUT2D eigenvalue weighted by Gasteiger charge is -2.06. The summed E-state index contributed by atoms with van der Waals surface area (Å²) >= 11 is 1.25. The molecule has 0 bridgehead atoms. The number of benzene rings is 1. The second-order valence-corrected chi connectivity index (χ2v) is 6.15. The summed E-state index contributed by atoms with van der Waals surface area (Å²) in [6.07, 6.45) is 3.39. The maximum atomic E-state index is 12.0. The molecule has 1 rings (SSSR count). The molecule has 15 heavy (non-hydrogen) atoms. The molecule has 1 aromatic rings. The van der Waals surface area contributed by atoms with Gasteiger partial charge in [-0.05, 0) is 32.2 Å². The third-order valence-electron chi connectivity index (χ3n) is 2.03. The molecule has 4 heteroatoms. The molecule has 0 fully saturated rings. The lowest BCUT2D eigenvalue weighted by atomic mass is 10.2.